The molecule has 0 saturated carbocycles. The number of phenols is 1. The van der Waals surface area contributed by atoms with Crippen LogP contribution in [0.15, 0.2) is 18.2 Å². The summed E-state index contributed by atoms with van der Waals surface area (Å²) in [6, 6.07) is 5.24. The molecule has 2 aromatic carbocycles. The molecule has 4 nitrogen and oxygen atoms in total. The van der Waals surface area contributed by atoms with Crippen LogP contribution in [0.2, 0.25) is 10.0 Å². The third-order valence-electron chi connectivity index (χ3n) is 3.03. The van der Waals surface area contributed by atoms with Gasteiger partial charge in [0, 0.05) is 0 Å². The summed E-state index contributed by atoms with van der Waals surface area (Å²) in [6.07, 6.45) is 0. The molecule has 96 valence electrons. The lowest BCUT2D eigenvalue weighted by Crippen LogP contribution is -1.96. The predicted molar refractivity (Wildman–Crippen MR) is 77.9 cm³/mol. The maximum Gasteiger partial charge on any atom is 0.155 e. The Bertz CT molecular complexity index is 833. The molecule has 6 heteroatoms. The lowest BCUT2D eigenvalue weighted by atomic mass is 10.1. The monoisotopic (exact) mass is 293 g/mol. The van der Waals surface area contributed by atoms with Gasteiger partial charge in [0.05, 0.1) is 21.7 Å². The number of benzene rings is 2. The van der Waals surface area contributed by atoms with Crippen molar-refractivity contribution >= 4 is 51.0 Å². The fourth-order valence-electron chi connectivity index (χ4n) is 1.92. The highest BCUT2D eigenvalue weighted by Gasteiger charge is 2.14. The molecular formula is C13H9Cl2N3O. The van der Waals surface area contributed by atoms with Gasteiger partial charge in [-0.15, -0.1) is 0 Å². The molecule has 0 aliphatic carbocycles. The highest BCUT2D eigenvalue weighted by Crippen LogP contribution is 2.37. The molecule has 0 bridgehead atoms. The van der Waals surface area contributed by atoms with Crippen LogP contribution in [0.3, 0.4) is 0 Å². The number of aryl methyl sites for hydroxylation is 1. The van der Waals surface area contributed by atoms with E-state index in [2.05, 4.69) is 9.97 Å². The average Bonchev–Trinajstić information content (AvgIpc) is 2.39. The summed E-state index contributed by atoms with van der Waals surface area (Å²) in [6.45, 7) is 1.89. The van der Waals surface area contributed by atoms with Crippen LogP contribution in [-0.4, -0.2) is 15.1 Å². The predicted octanol–water partition coefficient (Wildman–Crippen LogP) is 3.69. The first kappa shape index (κ1) is 12.3. The first-order valence-corrected chi connectivity index (χ1v) is 6.28. The van der Waals surface area contributed by atoms with Gasteiger partial charge in [-0.05, 0) is 24.6 Å². The van der Waals surface area contributed by atoms with E-state index in [1.807, 2.05) is 19.1 Å². The summed E-state index contributed by atoms with van der Waals surface area (Å²) in [5.74, 6) is -0.198. The van der Waals surface area contributed by atoms with Crippen molar-refractivity contribution in [2.24, 2.45) is 0 Å². The normalized spacial score (nSPS) is 11.3. The highest BCUT2D eigenvalue weighted by molar-refractivity contribution is 6.40. The number of fused-ring (bicyclic) bond motifs is 2. The van der Waals surface area contributed by atoms with E-state index in [1.54, 1.807) is 0 Å². The Morgan fingerprint density at radius 1 is 1.11 bits per heavy atom. The van der Waals surface area contributed by atoms with Crippen LogP contribution in [0, 0.1) is 6.92 Å². The summed E-state index contributed by atoms with van der Waals surface area (Å²) >= 11 is 11.9. The van der Waals surface area contributed by atoms with Gasteiger partial charge in [-0.2, -0.15) is 0 Å². The van der Waals surface area contributed by atoms with E-state index in [9.17, 15) is 5.11 Å². The Morgan fingerprint density at radius 3 is 2.58 bits per heavy atom. The van der Waals surface area contributed by atoms with Crippen molar-refractivity contribution in [3.63, 3.8) is 0 Å². The van der Waals surface area contributed by atoms with Crippen LogP contribution < -0.4 is 5.73 Å². The fourth-order valence-corrected chi connectivity index (χ4v) is 2.41. The molecule has 0 spiro atoms. The molecule has 0 atom stereocenters. The Labute approximate surface area is 118 Å². The first-order valence-electron chi connectivity index (χ1n) is 5.52. The molecule has 0 unspecified atom stereocenters. The molecule has 0 saturated heterocycles. The molecule has 1 aromatic heterocycles. The zero-order valence-corrected chi connectivity index (χ0v) is 11.4. The molecule has 1 heterocycles. The van der Waals surface area contributed by atoms with Gasteiger partial charge in [0.25, 0.3) is 0 Å². The van der Waals surface area contributed by atoms with E-state index in [1.165, 1.54) is 6.07 Å². The first-order chi connectivity index (χ1) is 8.99. The van der Waals surface area contributed by atoms with Crippen molar-refractivity contribution in [1.82, 2.24) is 9.97 Å². The number of aromatic hydroxyl groups is 1. The van der Waals surface area contributed by atoms with Gasteiger partial charge in [0.15, 0.2) is 5.75 Å². The summed E-state index contributed by atoms with van der Waals surface area (Å²) in [5.41, 5.74) is 9.59. The minimum atomic E-state index is -0.198. The summed E-state index contributed by atoms with van der Waals surface area (Å²) in [7, 11) is 0. The number of hydrogen-bond acceptors (Lipinski definition) is 4. The quantitative estimate of drug-likeness (QED) is 0.490. The van der Waals surface area contributed by atoms with E-state index >= 15 is 0 Å². The molecule has 0 aliphatic heterocycles. The van der Waals surface area contributed by atoms with Gasteiger partial charge in [-0.1, -0.05) is 29.3 Å². The van der Waals surface area contributed by atoms with Crippen LogP contribution in [0.4, 0.5) is 5.69 Å². The number of phenolic OH excluding ortho intramolecular Hbond substituents is 1. The second-order valence-corrected chi connectivity index (χ2v) is 5.06. The summed E-state index contributed by atoms with van der Waals surface area (Å²) in [4.78, 5) is 8.82. The van der Waals surface area contributed by atoms with E-state index in [4.69, 9.17) is 28.9 Å². The summed E-state index contributed by atoms with van der Waals surface area (Å²) in [5, 5.41) is 9.96. The van der Waals surface area contributed by atoms with Gasteiger partial charge in [0.1, 0.15) is 16.1 Å². The van der Waals surface area contributed by atoms with Crippen molar-refractivity contribution in [3.8, 4) is 5.75 Å². The zero-order valence-electron chi connectivity index (χ0n) is 9.91. The molecule has 3 N–H and O–H groups in total. The molecular weight excluding hydrogens is 285 g/mol. The number of aromatic nitrogens is 2. The Morgan fingerprint density at radius 2 is 1.84 bits per heavy atom. The number of anilines is 1. The highest BCUT2D eigenvalue weighted by atomic mass is 35.5. The van der Waals surface area contributed by atoms with Crippen molar-refractivity contribution in [3.05, 3.63) is 33.8 Å². The number of rotatable bonds is 0. The molecule has 0 fully saturated rings. The smallest absolute Gasteiger partial charge is 0.155 e. The average molecular weight is 294 g/mol. The largest absolute Gasteiger partial charge is 0.505 e. The fraction of sp³-hybridized carbons (Fsp3) is 0.0769. The van der Waals surface area contributed by atoms with Crippen molar-refractivity contribution in [1.29, 1.82) is 0 Å². The number of nitrogens with two attached hydrogens (primary N) is 1. The topological polar surface area (TPSA) is 72.0 Å². The van der Waals surface area contributed by atoms with Gasteiger partial charge in [-0.3, -0.25) is 0 Å². The maximum atomic E-state index is 9.74. The third-order valence-corrected chi connectivity index (χ3v) is 3.67. The minimum absolute atomic E-state index is 0.0813. The van der Waals surface area contributed by atoms with Crippen molar-refractivity contribution in [2.45, 2.75) is 6.92 Å². The lowest BCUT2D eigenvalue weighted by molar-refractivity contribution is 0.476. The van der Waals surface area contributed by atoms with Gasteiger partial charge in [0.2, 0.25) is 0 Å². The molecule has 0 radical (unpaired) electrons. The molecule has 0 amide bonds. The number of nitrogens with zero attached hydrogens (tertiary/aromatic N) is 2. The molecule has 3 aromatic rings. The maximum absolute atomic E-state index is 9.74. The van der Waals surface area contributed by atoms with Crippen LogP contribution in [0.5, 0.6) is 5.75 Å². The number of hydrogen-bond donors (Lipinski definition) is 2. The van der Waals surface area contributed by atoms with Gasteiger partial charge < -0.3 is 10.8 Å². The summed E-state index contributed by atoms with van der Waals surface area (Å²) < 4.78 is 0. The third kappa shape index (κ3) is 1.76. The van der Waals surface area contributed by atoms with Gasteiger partial charge >= 0.3 is 0 Å². The molecule has 19 heavy (non-hydrogen) atoms. The van der Waals surface area contributed by atoms with Crippen molar-refractivity contribution < 1.29 is 5.11 Å². The van der Waals surface area contributed by atoms with Crippen LogP contribution in [-0.2, 0) is 0 Å². The Kier molecular flexibility index (Phi) is 2.66. The number of halogens is 2. The molecule has 3 rings (SSSR count). The van der Waals surface area contributed by atoms with E-state index in [-0.39, 0.29) is 15.8 Å². The van der Waals surface area contributed by atoms with Gasteiger partial charge in [-0.25, -0.2) is 9.97 Å². The molecule has 0 aliphatic rings. The lowest BCUT2D eigenvalue weighted by Gasteiger charge is -2.08. The SMILES string of the molecule is Cc1ccc2nc3cc(Cl)c(O)c(Cl)c3nc2c1N. The van der Waals surface area contributed by atoms with Crippen LogP contribution in [0.25, 0.3) is 22.1 Å². The Hall–Kier alpha value is -1.78. The van der Waals surface area contributed by atoms with Crippen LogP contribution in [0.1, 0.15) is 5.56 Å². The van der Waals surface area contributed by atoms with Crippen LogP contribution >= 0.6 is 23.2 Å². The number of nitrogen functional groups attached to an aromatic ring is 1. The second kappa shape index (κ2) is 4.11. The second-order valence-electron chi connectivity index (χ2n) is 4.28. The van der Waals surface area contributed by atoms with E-state index in [0.29, 0.717) is 27.8 Å². The minimum Gasteiger partial charge on any atom is -0.505 e. The standard InChI is InChI=1S/C13H9Cl2N3O/c1-5-2-3-7-12(10(5)16)18-11-8(17-7)4-6(14)13(19)9(11)15/h2-4,19H,16H2,1H3. The Balaban J connectivity index is 2.53. The van der Waals surface area contributed by atoms with E-state index in [0.717, 1.165) is 5.56 Å². The van der Waals surface area contributed by atoms with E-state index < -0.39 is 0 Å². The van der Waals surface area contributed by atoms with Crippen molar-refractivity contribution in [2.75, 3.05) is 5.73 Å². The zero-order chi connectivity index (χ0) is 13.7.